The summed E-state index contributed by atoms with van der Waals surface area (Å²) >= 11 is 0. The Morgan fingerprint density at radius 2 is 1.79 bits per heavy atom. The van der Waals surface area contributed by atoms with Crippen molar-refractivity contribution in [3.63, 3.8) is 0 Å². The van der Waals surface area contributed by atoms with E-state index >= 15 is 0 Å². The molecule has 2 N–H and O–H groups in total. The number of nitrogens with zero attached hydrogens (tertiary/aromatic N) is 2. The van der Waals surface area contributed by atoms with Gasteiger partial charge in [-0.1, -0.05) is 20.8 Å². The molecule has 0 spiro atoms. The molecule has 0 radical (unpaired) electrons. The van der Waals surface area contributed by atoms with Gasteiger partial charge < -0.3 is 10.6 Å². The molecule has 4 nitrogen and oxygen atoms in total. The van der Waals surface area contributed by atoms with Crippen molar-refractivity contribution in [2.75, 3.05) is 24.2 Å². The van der Waals surface area contributed by atoms with Gasteiger partial charge in [0.2, 0.25) is 0 Å². The van der Waals surface area contributed by atoms with Crippen LogP contribution in [0.3, 0.4) is 0 Å². The zero-order chi connectivity index (χ0) is 14.0. The van der Waals surface area contributed by atoms with Gasteiger partial charge in [-0.15, -0.1) is 0 Å². The second-order valence-electron chi connectivity index (χ2n) is 6.00. The van der Waals surface area contributed by atoms with E-state index in [1.54, 1.807) is 0 Å². The highest BCUT2D eigenvalue weighted by Crippen LogP contribution is 2.36. The summed E-state index contributed by atoms with van der Waals surface area (Å²) in [4.78, 5) is 9.23. The Balaban J connectivity index is 2.14. The van der Waals surface area contributed by atoms with E-state index in [1.807, 2.05) is 7.05 Å². The fraction of sp³-hybridized carbons (Fsp3) is 0.733. The summed E-state index contributed by atoms with van der Waals surface area (Å²) in [5.74, 6) is 4.80. The molecule has 1 aromatic rings. The van der Waals surface area contributed by atoms with Crippen LogP contribution in [0.25, 0.3) is 0 Å². The van der Waals surface area contributed by atoms with Crippen molar-refractivity contribution >= 4 is 11.6 Å². The summed E-state index contributed by atoms with van der Waals surface area (Å²) in [6.07, 6.45) is 2.79. The van der Waals surface area contributed by atoms with Crippen molar-refractivity contribution < 1.29 is 0 Å². The molecule has 1 aliphatic carbocycles. The van der Waals surface area contributed by atoms with Gasteiger partial charge in [-0.2, -0.15) is 0 Å². The molecule has 2 rings (SSSR count). The van der Waals surface area contributed by atoms with E-state index in [0.29, 0.717) is 5.92 Å². The minimum absolute atomic E-state index is 0.342. The topological polar surface area (TPSA) is 49.8 Å². The predicted octanol–water partition coefficient (Wildman–Crippen LogP) is 3.41. The molecule has 0 amide bonds. The lowest BCUT2D eigenvalue weighted by Gasteiger charge is -2.17. The average molecular weight is 262 g/mol. The van der Waals surface area contributed by atoms with E-state index in [1.165, 1.54) is 12.8 Å². The summed E-state index contributed by atoms with van der Waals surface area (Å²) in [7, 11) is 1.91. The number of rotatable bonds is 6. The first-order chi connectivity index (χ1) is 9.02. The van der Waals surface area contributed by atoms with E-state index in [4.69, 9.17) is 0 Å². The first-order valence-electron chi connectivity index (χ1n) is 7.33. The van der Waals surface area contributed by atoms with E-state index in [-0.39, 0.29) is 0 Å². The van der Waals surface area contributed by atoms with Gasteiger partial charge in [0.25, 0.3) is 0 Å². The van der Waals surface area contributed by atoms with Gasteiger partial charge in [-0.05, 0) is 31.6 Å². The summed E-state index contributed by atoms with van der Waals surface area (Å²) in [6.45, 7) is 9.65. The molecule has 0 bridgehead atoms. The van der Waals surface area contributed by atoms with Gasteiger partial charge in [0, 0.05) is 25.1 Å². The molecular formula is C15H26N4. The molecule has 1 fully saturated rings. The molecule has 1 saturated carbocycles. The van der Waals surface area contributed by atoms with Gasteiger partial charge in [-0.3, -0.25) is 0 Å². The second-order valence-corrected chi connectivity index (χ2v) is 6.00. The van der Waals surface area contributed by atoms with Crippen molar-refractivity contribution in [2.24, 2.45) is 11.8 Å². The zero-order valence-electron chi connectivity index (χ0n) is 12.7. The van der Waals surface area contributed by atoms with Crippen LogP contribution in [0.5, 0.6) is 0 Å². The molecule has 0 aromatic carbocycles. The largest absolute Gasteiger partial charge is 0.373 e. The minimum Gasteiger partial charge on any atom is -0.373 e. The van der Waals surface area contributed by atoms with Crippen LogP contribution in [-0.4, -0.2) is 23.6 Å². The van der Waals surface area contributed by atoms with Gasteiger partial charge in [0.15, 0.2) is 0 Å². The first kappa shape index (κ1) is 14.1. The van der Waals surface area contributed by atoms with Crippen molar-refractivity contribution in [3.05, 3.63) is 11.4 Å². The molecule has 1 unspecified atom stereocenters. The Kier molecular flexibility index (Phi) is 4.27. The predicted molar refractivity (Wildman–Crippen MR) is 80.8 cm³/mol. The molecule has 19 heavy (non-hydrogen) atoms. The fourth-order valence-corrected chi connectivity index (χ4v) is 2.30. The Morgan fingerprint density at radius 1 is 1.16 bits per heavy atom. The van der Waals surface area contributed by atoms with E-state index < -0.39 is 0 Å². The summed E-state index contributed by atoms with van der Waals surface area (Å²) in [5.41, 5.74) is 1.11. The Morgan fingerprint density at radius 3 is 2.32 bits per heavy atom. The number of hydrogen-bond donors (Lipinski definition) is 2. The Labute approximate surface area is 116 Å². The number of anilines is 2. The summed E-state index contributed by atoms with van der Waals surface area (Å²) in [6, 6.07) is 0. The maximum absolute atomic E-state index is 4.67. The van der Waals surface area contributed by atoms with Crippen molar-refractivity contribution in [3.8, 4) is 0 Å². The second kappa shape index (κ2) is 5.76. The zero-order valence-corrected chi connectivity index (χ0v) is 12.7. The standard InChI is InChI=1S/C15H26N4/c1-9(2)13-18-14(16-5)11(4)15(19-13)17-8-10(3)12-6-7-12/h9-10,12H,6-8H2,1-5H3,(H2,16,17,18,19). The lowest BCUT2D eigenvalue weighted by molar-refractivity contribution is 0.535. The van der Waals surface area contributed by atoms with Crippen LogP contribution < -0.4 is 10.6 Å². The van der Waals surface area contributed by atoms with Crippen LogP contribution >= 0.6 is 0 Å². The smallest absolute Gasteiger partial charge is 0.135 e. The molecular weight excluding hydrogens is 236 g/mol. The average Bonchev–Trinajstić information content (AvgIpc) is 3.21. The summed E-state index contributed by atoms with van der Waals surface area (Å²) < 4.78 is 0. The van der Waals surface area contributed by atoms with Crippen LogP contribution in [0.1, 0.15) is 50.9 Å². The van der Waals surface area contributed by atoms with E-state index in [0.717, 1.165) is 41.4 Å². The van der Waals surface area contributed by atoms with Crippen molar-refractivity contribution in [1.29, 1.82) is 0 Å². The summed E-state index contributed by atoms with van der Waals surface area (Å²) in [5, 5.41) is 6.68. The third kappa shape index (κ3) is 3.37. The van der Waals surface area contributed by atoms with Crippen LogP contribution in [-0.2, 0) is 0 Å². The highest BCUT2D eigenvalue weighted by atomic mass is 15.1. The van der Waals surface area contributed by atoms with Gasteiger partial charge >= 0.3 is 0 Å². The maximum atomic E-state index is 4.67. The van der Waals surface area contributed by atoms with Gasteiger partial charge in [0.05, 0.1) is 0 Å². The molecule has 1 heterocycles. The first-order valence-corrected chi connectivity index (χ1v) is 7.33. The van der Waals surface area contributed by atoms with Crippen molar-refractivity contribution in [1.82, 2.24) is 9.97 Å². The maximum Gasteiger partial charge on any atom is 0.135 e. The van der Waals surface area contributed by atoms with Crippen LogP contribution in [0.4, 0.5) is 11.6 Å². The third-order valence-electron chi connectivity index (χ3n) is 3.93. The Hall–Kier alpha value is -1.32. The molecule has 106 valence electrons. The van der Waals surface area contributed by atoms with E-state index in [2.05, 4.69) is 48.3 Å². The molecule has 1 aliphatic rings. The molecule has 1 aromatic heterocycles. The van der Waals surface area contributed by atoms with E-state index in [9.17, 15) is 0 Å². The van der Waals surface area contributed by atoms with Gasteiger partial charge in [-0.25, -0.2) is 9.97 Å². The fourth-order valence-electron chi connectivity index (χ4n) is 2.30. The monoisotopic (exact) mass is 262 g/mol. The highest BCUT2D eigenvalue weighted by molar-refractivity contribution is 5.57. The number of hydrogen-bond acceptors (Lipinski definition) is 4. The van der Waals surface area contributed by atoms with Crippen LogP contribution in [0, 0.1) is 18.8 Å². The molecule has 1 atom stereocenters. The Bertz CT molecular complexity index is 438. The third-order valence-corrected chi connectivity index (χ3v) is 3.93. The normalized spacial score (nSPS) is 16.5. The number of aromatic nitrogens is 2. The highest BCUT2D eigenvalue weighted by Gasteiger charge is 2.27. The van der Waals surface area contributed by atoms with Crippen LogP contribution in [0.2, 0.25) is 0 Å². The lowest BCUT2D eigenvalue weighted by Crippen LogP contribution is -2.16. The quantitative estimate of drug-likeness (QED) is 0.825. The lowest BCUT2D eigenvalue weighted by atomic mass is 10.1. The van der Waals surface area contributed by atoms with Crippen LogP contribution in [0.15, 0.2) is 0 Å². The molecule has 4 heteroatoms. The number of nitrogens with one attached hydrogen (secondary N) is 2. The van der Waals surface area contributed by atoms with Gasteiger partial charge in [0.1, 0.15) is 17.5 Å². The minimum atomic E-state index is 0.342. The molecule has 0 aliphatic heterocycles. The SMILES string of the molecule is CNc1nc(C(C)C)nc(NCC(C)C2CC2)c1C. The van der Waals surface area contributed by atoms with Crippen molar-refractivity contribution in [2.45, 2.75) is 46.5 Å². The molecule has 0 saturated heterocycles.